The Bertz CT molecular complexity index is 866. The van der Waals surface area contributed by atoms with Crippen LogP contribution in [-0.2, 0) is 14.3 Å². The molecule has 0 radical (unpaired) electrons. The van der Waals surface area contributed by atoms with Crippen LogP contribution in [0.3, 0.4) is 0 Å². The molecule has 0 bridgehead atoms. The van der Waals surface area contributed by atoms with E-state index in [1.54, 1.807) is 55.6 Å². The number of hydrogen-bond acceptors (Lipinski definition) is 5. The SMILES string of the molecule is COCCNC(=O)c1cccc(NCC(=O)Nc2ccc(NC(=O)C(C)C)cc2)c1. The minimum atomic E-state index is -0.232. The third-order valence-corrected chi connectivity index (χ3v) is 4.13. The summed E-state index contributed by atoms with van der Waals surface area (Å²) < 4.78 is 4.91. The minimum absolute atomic E-state index is 0.0422. The van der Waals surface area contributed by atoms with Gasteiger partial charge in [-0.15, -0.1) is 0 Å². The molecule has 8 heteroatoms. The van der Waals surface area contributed by atoms with Crippen LogP contribution in [0.2, 0.25) is 0 Å². The van der Waals surface area contributed by atoms with E-state index < -0.39 is 0 Å². The summed E-state index contributed by atoms with van der Waals surface area (Å²) in [5.74, 6) is -0.607. The van der Waals surface area contributed by atoms with E-state index in [0.717, 1.165) is 0 Å². The molecule has 0 aromatic heterocycles. The highest BCUT2D eigenvalue weighted by molar-refractivity contribution is 5.96. The van der Waals surface area contributed by atoms with E-state index in [1.807, 2.05) is 13.8 Å². The lowest BCUT2D eigenvalue weighted by Gasteiger charge is -2.11. The lowest BCUT2D eigenvalue weighted by molar-refractivity contribution is -0.119. The van der Waals surface area contributed by atoms with Gasteiger partial charge in [-0.05, 0) is 42.5 Å². The van der Waals surface area contributed by atoms with Crippen LogP contribution < -0.4 is 21.3 Å². The zero-order valence-electron chi connectivity index (χ0n) is 17.5. The number of amides is 3. The van der Waals surface area contributed by atoms with Crippen LogP contribution in [0.4, 0.5) is 17.1 Å². The van der Waals surface area contributed by atoms with Gasteiger partial charge in [0.05, 0.1) is 13.2 Å². The van der Waals surface area contributed by atoms with Crippen molar-refractivity contribution in [1.29, 1.82) is 0 Å². The predicted octanol–water partition coefficient (Wildman–Crippen LogP) is 2.71. The molecule has 2 rings (SSSR count). The molecule has 0 unspecified atom stereocenters. The molecular weight excluding hydrogens is 384 g/mol. The first-order valence-corrected chi connectivity index (χ1v) is 9.71. The van der Waals surface area contributed by atoms with Crippen LogP contribution in [0, 0.1) is 5.92 Å². The molecular formula is C22H28N4O4. The zero-order chi connectivity index (χ0) is 21.9. The fraction of sp³-hybridized carbons (Fsp3) is 0.318. The number of carbonyl (C=O) groups is 3. The molecule has 0 aliphatic rings. The Kier molecular flexibility index (Phi) is 8.83. The van der Waals surface area contributed by atoms with Crippen molar-refractivity contribution in [3.8, 4) is 0 Å². The fourth-order valence-corrected chi connectivity index (χ4v) is 2.45. The summed E-state index contributed by atoms with van der Waals surface area (Å²) in [6.07, 6.45) is 0. The van der Waals surface area contributed by atoms with Gasteiger partial charge in [0.2, 0.25) is 11.8 Å². The van der Waals surface area contributed by atoms with Gasteiger partial charge < -0.3 is 26.0 Å². The van der Waals surface area contributed by atoms with Crippen LogP contribution in [0.1, 0.15) is 24.2 Å². The second kappa shape index (κ2) is 11.6. The molecule has 8 nitrogen and oxygen atoms in total. The average molecular weight is 412 g/mol. The monoisotopic (exact) mass is 412 g/mol. The van der Waals surface area contributed by atoms with Crippen molar-refractivity contribution in [3.05, 3.63) is 54.1 Å². The van der Waals surface area contributed by atoms with Crippen molar-refractivity contribution in [2.45, 2.75) is 13.8 Å². The maximum atomic E-state index is 12.2. The minimum Gasteiger partial charge on any atom is -0.383 e. The molecule has 0 heterocycles. The molecule has 0 atom stereocenters. The Balaban J connectivity index is 1.84. The summed E-state index contributed by atoms with van der Waals surface area (Å²) in [5.41, 5.74) is 2.45. The van der Waals surface area contributed by atoms with Crippen molar-refractivity contribution in [2.24, 2.45) is 5.92 Å². The number of ether oxygens (including phenoxy) is 1. The second-order valence-electron chi connectivity index (χ2n) is 6.95. The average Bonchev–Trinajstić information content (AvgIpc) is 2.74. The summed E-state index contributed by atoms with van der Waals surface area (Å²) >= 11 is 0. The van der Waals surface area contributed by atoms with Gasteiger partial charge in [-0.25, -0.2) is 0 Å². The number of hydrogen-bond donors (Lipinski definition) is 4. The molecule has 0 spiro atoms. The summed E-state index contributed by atoms with van der Waals surface area (Å²) in [4.78, 5) is 36.0. The van der Waals surface area contributed by atoms with Gasteiger partial charge in [-0.2, -0.15) is 0 Å². The largest absolute Gasteiger partial charge is 0.383 e. The van der Waals surface area contributed by atoms with Crippen molar-refractivity contribution in [2.75, 3.05) is 42.8 Å². The second-order valence-corrected chi connectivity index (χ2v) is 6.95. The molecule has 30 heavy (non-hydrogen) atoms. The molecule has 0 saturated carbocycles. The Morgan fingerprint density at radius 3 is 2.23 bits per heavy atom. The third-order valence-electron chi connectivity index (χ3n) is 4.13. The van der Waals surface area contributed by atoms with E-state index in [4.69, 9.17) is 4.74 Å². The topological polar surface area (TPSA) is 109 Å². The summed E-state index contributed by atoms with van der Waals surface area (Å²) in [5, 5.41) is 11.3. The van der Waals surface area contributed by atoms with Crippen molar-refractivity contribution < 1.29 is 19.1 Å². The van der Waals surface area contributed by atoms with Crippen LogP contribution in [0.25, 0.3) is 0 Å². The first-order valence-electron chi connectivity index (χ1n) is 9.71. The molecule has 4 N–H and O–H groups in total. The van der Waals surface area contributed by atoms with Gasteiger partial charge >= 0.3 is 0 Å². The highest BCUT2D eigenvalue weighted by Crippen LogP contribution is 2.15. The van der Waals surface area contributed by atoms with Crippen molar-refractivity contribution in [3.63, 3.8) is 0 Å². The van der Waals surface area contributed by atoms with Crippen LogP contribution in [0.15, 0.2) is 48.5 Å². The number of nitrogens with one attached hydrogen (secondary N) is 4. The molecule has 3 amide bonds. The predicted molar refractivity (Wildman–Crippen MR) is 118 cm³/mol. The lowest BCUT2D eigenvalue weighted by atomic mass is 10.2. The molecule has 0 aliphatic heterocycles. The normalized spacial score (nSPS) is 10.4. The number of rotatable bonds is 10. The quantitative estimate of drug-likeness (QED) is 0.449. The first-order chi connectivity index (χ1) is 14.4. The van der Waals surface area contributed by atoms with Crippen LogP contribution in [0.5, 0.6) is 0 Å². The molecule has 0 saturated heterocycles. The van der Waals surface area contributed by atoms with Crippen molar-refractivity contribution in [1.82, 2.24) is 5.32 Å². The van der Waals surface area contributed by atoms with E-state index in [2.05, 4.69) is 21.3 Å². The number of carbonyl (C=O) groups excluding carboxylic acids is 3. The summed E-state index contributed by atoms with van der Waals surface area (Å²) in [7, 11) is 1.57. The van der Waals surface area contributed by atoms with Gasteiger partial charge in [0.1, 0.15) is 0 Å². The number of methoxy groups -OCH3 is 1. The van der Waals surface area contributed by atoms with Crippen LogP contribution in [-0.4, -0.2) is 44.5 Å². The van der Waals surface area contributed by atoms with E-state index in [0.29, 0.717) is 35.8 Å². The summed E-state index contributed by atoms with van der Waals surface area (Å²) in [6, 6.07) is 13.8. The lowest BCUT2D eigenvalue weighted by Crippen LogP contribution is -2.27. The first kappa shape index (κ1) is 22.9. The molecule has 160 valence electrons. The maximum absolute atomic E-state index is 12.2. The maximum Gasteiger partial charge on any atom is 0.251 e. The van der Waals surface area contributed by atoms with E-state index in [1.165, 1.54) is 0 Å². The van der Waals surface area contributed by atoms with Gasteiger partial charge in [-0.3, -0.25) is 14.4 Å². The Labute approximate surface area is 176 Å². The van der Waals surface area contributed by atoms with Gasteiger partial charge in [0.15, 0.2) is 0 Å². The highest BCUT2D eigenvalue weighted by atomic mass is 16.5. The third kappa shape index (κ3) is 7.56. The van der Waals surface area contributed by atoms with Crippen molar-refractivity contribution >= 4 is 34.8 Å². The van der Waals surface area contributed by atoms with Gasteiger partial charge in [-0.1, -0.05) is 19.9 Å². The van der Waals surface area contributed by atoms with Crippen LogP contribution >= 0.6 is 0 Å². The Morgan fingerprint density at radius 1 is 0.933 bits per heavy atom. The molecule has 0 fully saturated rings. The summed E-state index contributed by atoms with van der Waals surface area (Å²) in [6.45, 7) is 4.55. The number of anilines is 3. The fourth-order valence-electron chi connectivity index (χ4n) is 2.45. The van der Waals surface area contributed by atoms with Gasteiger partial charge in [0.25, 0.3) is 5.91 Å². The van der Waals surface area contributed by atoms with Gasteiger partial charge in [0, 0.05) is 42.2 Å². The molecule has 2 aromatic carbocycles. The Hall–Kier alpha value is -3.39. The number of benzene rings is 2. The Morgan fingerprint density at radius 2 is 1.60 bits per heavy atom. The molecule has 2 aromatic rings. The van der Waals surface area contributed by atoms with E-state index in [-0.39, 0.29) is 30.2 Å². The molecule has 0 aliphatic carbocycles. The standard InChI is InChI=1S/C22H28N4O4/c1-15(2)21(28)26-18-9-7-17(8-10-18)25-20(27)14-24-19-6-4-5-16(13-19)22(29)23-11-12-30-3/h4-10,13,15,24H,11-12,14H2,1-3H3,(H,23,29)(H,25,27)(H,26,28). The smallest absolute Gasteiger partial charge is 0.251 e. The highest BCUT2D eigenvalue weighted by Gasteiger charge is 2.09. The van der Waals surface area contributed by atoms with E-state index >= 15 is 0 Å². The zero-order valence-corrected chi connectivity index (χ0v) is 17.5. The van der Waals surface area contributed by atoms with E-state index in [9.17, 15) is 14.4 Å².